The first-order valence-corrected chi connectivity index (χ1v) is 9.15. The summed E-state index contributed by atoms with van der Waals surface area (Å²) in [5.74, 6) is 0.699. The van der Waals surface area contributed by atoms with Gasteiger partial charge in [0.05, 0.1) is 12.7 Å². The molecule has 0 radical (unpaired) electrons. The Morgan fingerprint density at radius 2 is 1.78 bits per heavy atom. The molecule has 0 aliphatic heterocycles. The summed E-state index contributed by atoms with van der Waals surface area (Å²) in [5.41, 5.74) is 1.12. The molecule has 0 aliphatic carbocycles. The van der Waals surface area contributed by atoms with Crippen molar-refractivity contribution in [1.29, 1.82) is 0 Å². The molecule has 0 bridgehead atoms. The summed E-state index contributed by atoms with van der Waals surface area (Å²) >= 11 is 0. The van der Waals surface area contributed by atoms with Gasteiger partial charge in [0.15, 0.2) is 0 Å². The Balaban J connectivity index is 2.41. The van der Waals surface area contributed by atoms with Crippen LogP contribution in [0.1, 0.15) is 57.9 Å². The second-order valence-electron chi connectivity index (χ2n) is 6.41. The molecule has 0 saturated carbocycles. The van der Waals surface area contributed by atoms with Gasteiger partial charge in [-0.05, 0) is 17.9 Å². The summed E-state index contributed by atoms with van der Waals surface area (Å²) in [5, 5.41) is 19.3. The van der Waals surface area contributed by atoms with Gasteiger partial charge < -0.3 is 14.9 Å². The van der Waals surface area contributed by atoms with E-state index in [9.17, 15) is 10.2 Å². The summed E-state index contributed by atoms with van der Waals surface area (Å²) in [6.45, 7) is 4.86. The van der Waals surface area contributed by atoms with Gasteiger partial charge in [-0.25, -0.2) is 0 Å². The van der Waals surface area contributed by atoms with Gasteiger partial charge in [-0.15, -0.1) is 0 Å². The molecule has 2 N–H and O–H groups in total. The summed E-state index contributed by atoms with van der Waals surface area (Å²) in [7, 11) is 0. The highest BCUT2D eigenvalue weighted by atomic mass is 16.5. The van der Waals surface area contributed by atoms with E-state index in [4.69, 9.17) is 4.74 Å². The Morgan fingerprint density at radius 3 is 2.39 bits per heavy atom. The van der Waals surface area contributed by atoms with Crippen LogP contribution in [0.2, 0.25) is 0 Å². The standard InChI is InChI=1S/C20H34O3/c1-3-5-7-10-17(4-2)13-14-23-20(19(22)16-21)15-18-11-8-6-9-12-18/h6,8-9,11-12,17,19-22H,3-5,7,10,13-16H2,1-2H3. The van der Waals surface area contributed by atoms with Crippen molar-refractivity contribution in [1.82, 2.24) is 0 Å². The summed E-state index contributed by atoms with van der Waals surface area (Å²) < 4.78 is 5.93. The first-order chi connectivity index (χ1) is 11.2. The van der Waals surface area contributed by atoms with Crippen molar-refractivity contribution in [2.75, 3.05) is 13.2 Å². The number of aliphatic hydroxyl groups is 2. The third-order valence-corrected chi connectivity index (χ3v) is 4.55. The molecule has 0 heterocycles. The molecule has 0 aromatic heterocycles. The van der Waals surface area contributed by atoms with Crippen molar-refractivity contribution in [3.63, 3.8) is 0 Å². The molecular weight excluding hydrogens is 288 g/mol. The number of hydrogen-bond donors (Lipinski definition) is 2. The minimum Gasteiger partial charge on any atom is -0.394 e. The maximum atomic E-state index is 10.00. The van der Waals surface area contributed by atoms with Crippen molar-refractivity contribution in [2.24, 2.45) is 5.92 Å². The van der Waals surface area contributed by atoms with E-state index in [0.29, 0.717) is 18.9 Å². The maximum absolute atomic E-state index is 10.00. The molecule has 23 heavy (non-hydrogen) atoms. The van der Waals surface area contributed by atoms with Crippen LogP contribution in [-0.2, 0) is 11.2 Å². The average Bonchev–Trinajstić information content (AvgIpc) is 2.59. The number of hydrogen-bond acceptors (Lipinski definition) is 3. The maximum Gasteiger partial charge on any atom is 0.103 e. The van der Waals surface area contributed by atoms with Crippen molar-refractivity contribution in [2.45, 2.75) is 71.0 Å². The van der Waals surface area contributed by atoms with E-state index in [0.717, 1.165) is 12.0 Å². The lowest BCUT2D eigenvalue weighted by Gasteiger charge is -2.23. The second kappa shape index (κ2) is 12.5. The molecule has 0 saturated heterocycles. The van der Waals surface area contributed by atoms with Crippen LogP contribution in [0, 0.1) is 5.92 Å². The second-order valence-corrected chi connectivity index (χ2v) is 6.41. The zero-order valence-corrected chi connectivity index (χ0v) is 14.8. The fraction of sp³-hybridized carbons (Fsp3) is 0.700. The third-order valence-electron chi connectivity index (χ3n) is 4.55. The highest BCUT2D eigenvalue weighted by Gasteiger charge is 2.20. The largest absolute Gasteiger partial charge is 0.394 e. The molecule has 3 heteroatoms. The van der Waals surface area contributed by atoms with Gasteiger partial charge in [-0.1, -0.05) is 76.3 Å². The monoisotopic (exact) mass is 322 g/mol. The molecule has 3 atom stereocenters. The molecule has 0 fully saturated rings. The zero-order chi connectivity index (χ0) is 16.9. The van der Waals surface area contributed by atoms with Crippen LogP contribution in [0.15, 0.2) is 30.3 Å². The van der Waals surface area contributed by atoms with E-state index in [-0.39, 0.29) is 12.7 Å². The lowest BCUT2D eigenvalue weighted by atomic mass is 9.95. The first kappa shape index (κ1) is 20.1. The molecule has 132 valence electrons. The van der Waals surface area contributed by atoms with Crippen molar-refractivity contribution in [3.05, 3.63) is 35.9 Å². The van der Waals surface area contributed by atoms with Crippen LogP contribution in [0.5, 0.6) is 0 Å². The third kappa shape index (κ3) is 8.50. The molecule has 0 amide bonds. The Labute approximate surface area is 141 Å². The predicted molar refractivity (Wildman–Crippen MR) is 95.5 cm³/mol. The summed E-state index contributed by atoms with van der Waals surface area (Å²) in [6, 6.07) is 10.0. The van der Waals surface area contributed by atoms with Crippen molar-refractivity contribution >= 4 is 0 Å². The molecular formula is C20H34O3. The van der Waals surface area contributed by atoms with Gasteiger partial charge >= 0.3 is 0 Å². The predicted octanol–water partition coefficient (Wildman–Crippen LogP) is 3.96. The summed E-state index contributed by atoms with van der Waals surface area (Å²) in [6.07, 6.45) is 6.80. The van der Waals surface area contributed by atoms with Crippen LogP contribution in [0.25, 0.3) is 0 Å². The molecule has 3 nitrogen and oxygen atoms in total. The fourth-order valence-corrected chi connectivity index (χ4v) is 2.89. The van der Waals surface area contributed by atoms with Crippen LogP contribution >= 0.6 is 0 Å². The number of rotatable bonds is 13. The minimum absolute atomic E-state index is 0.259. The quantitative estimate of drug-likeness (QED) is 0.540. The smallest absolute Gasteiger partial charge is 0.103 e. The topological polar surface area (TPSA) is 49.7 Å². The fourth-order valence-electron chi connectivity index (χ4n) is 2.89. The van der Waals surface area contributed by atoms with Crippen LogP contribution in [-0.4, -0.2) is 35.6 Å². The molecule has 0 aliphatic rings. The van der Waals surface area contributed by atoms with E-state index < -0.39 is 6.10 Å². The van der Waals surface area contributed by atoms with E-state index >= 15 is 0 Å². The SMILES string of the molecule is CCCCCC(CC)CCOC(Cc1ccccc1)C(O)CO. The molecule has 3 unspecified atom stereocenters. The zero-order valence-electron chi connectivity index (χ0n) is 14.8. The lowest BCUT2D eigenvalue weighted by molar-refractivity contribution is -0.0603. The van der Waals surface area contributed by atoms with Gasteiger partial charge in [-0.2, -0.15) is 0 Å². The first-order valence-electron chi connectivity index (χ1n) is 9.15. The Morgan fingerprint density at radius 1 is 1.04 bits per heavy atom. The van der Waals surface area contributed by atoms with E-state index in [1.807, 2.05) is 30.3 Å². The molecule has 1 aromatic carbocycles. The van der Waals surface area contributed by atoms with E-state index in [1.165, 1.54) is 32.1 Å². The minimum atomic E-state index is -0.824. The van der Waals surface area contributed by atoms with Crippen LogP contribution in [0.4, 0.5) is 0 Å². The normalized spacial score (nSPS) is 15.3. The molecule has 0 spiro atoms. The van der Waals surface area contributed by atoms with E-state index in [2.05, 4.69) is 13.8 Å². The lowest BCUT2D eigenvalue weighted by Crippen LogP contribution is -2.34. The Kier molecular flexibility index (Phi) is 11.0. The number of ether oxygens (including phenoxy) is 1. The highest BCUT2D eigenvalue weighted by Crippen LogP contribution is 2.18. The van der Waals surface area contributed by atoms with Crippen molar-refractivity contribution < 1.29 is 14.9 Å². The van der Waals surface area contributed by atoms with Gasteiger partial charge in [-0.3, -0.25) is 0 Å². The number of aliphatic hydroxyl groups excluding tert-OH is 2. The van der Waals surface area contributed by atoms with Crippen molar-refractivity contribution in [3.8, 4) is 0 Å². The van der Waals surface area contributed by atoms with Gasteiger partial charge in [0, 0.05) is 13.0 Å². The van der Waals surface area contributed by atoms with E-state index in [1.54, 1.807) is 0 Å². The molecule has 1 aromatic rings. The Hall–Kier alpha value is -0.900. The van der Waals surface area contributed by atoms with Gasteiger partial charge in [0.1, 0.15) is 6.10 Å². The van der Waals surface area contributed by atoms with Crippen LogP contribution in [0.3, 0.4) is 0 Å². The number of unbranched alkanes of at least 4 members (excludes halogenated alkanes) is 2. The van der Waals surface area contributed by atoms with Gasteiger partial charge in [0.2, 0.25) is 0 Å². The summed E-state index contributed by atoms with van der Waals surface area (Å²) in [4.78, 5) is 0. The molecule has 1 rings (SSSR count). The average molecular weight is 322 g/mol. The highest BCUT2D eigenvalue weighted by molar-refractivity contribution is 5.15. The Bertz CT molecular complexity index is 380. The van der Waals surface area contributed by atoms with Crippen LogP contribution < -0.4 is 0 Å². The number of benzene rings is 1. The van der Waals surface area contributed by atoms with Gasteiger partial charge in [0.25, 0.3) is 0 Å².